The molecule has 29 heavy (non-hydrogen) atoms. The Labute approximate surface area is 170 Å². The third-order valence-electron chi connectivity index (χ3n) is 4.81. The van der Waals surface area contributed by atoms with E-state index in [0.717, 1.165) is 16.9 Å². The minimum absolute atomic E-state index is 0.203. The van der Waals surface area contributed by atoms with E-state index in [2.05, 4.69) is 5.32 Å². The summed E-state index contributed by atoms with van der Waals surface area (Å²) in [4.78, 5) is 12.7. The quantitative estimate of drug-likeness (QED) is 0.689. The van der Waals surface area contributed by atoms with Gasteiger partial charge in [-0.1, -0.05) is 54.6 Å². The molecule has 1 heterocycles. The van der Waals surface area contributed by atoms with Crippen molar-refractivity contribution in [3.63, 3.8) is 0 Å². The zero-order chi connectivity index (χ0) is 20.1. The van der Waals surface area contributed by atoms with Crippen molar-refractivity contribution >= 4 is 5.91 Å². The molecule has 0 unspecified atom stereocenters. The lowest BCUT2D eigenvalue weighted by Gasteiger charge is -2.31. The topological polar surface area (TPSA) is 56.8 Å². The van der Waals surface area contributed by atoms with Crippen LogP contribution in [0.4, 0.5) is 0 Å². The van der Waals surface area contributed by atoms with Gasteiger partial charge in [-0.15, -0.1) is 0 Å². The van der Waals surface area contributed by atoms with Crippen LogP contribution in [0.1, 0.15) is 18.1 Å². The second kappa shape index (κ2) is 8.69. The summed E-state index contributed by atoms with van der Waals surface area (Å²) in [5, 5.41) is 2.97. The number of hydrogen-bond donors (Lipinski definition) is 1. The summed E-state index contributed by atoms with van der Waals surface area (Å²) in [6, 6.07) is 24.9. The van der Waals surface area contributed by atoms with Crippen molar-refractivity contribution in [3.05, 3.63) is 90.0 Å². The Morgan fingerprint density at radius 1 is 0.862 bits per heavy atom. The van der Waals surface area contributed by atoms with Crippen LogP contribution in [0.5, 0.6) is 17.2 Å². The van der Waals surface area contributed by atoms with Gasteiger partial charge in [0.25, 0.3) is 5.91 Å². The number of benzene rings is 3. The molecule has 1 aliphatic rings. The highest BCUT2D eigenvalue weighted by molar-refractivity contribution is 5.82. The maximum absolute atomic E-state index is 12.7. The van der Waals surface area contributed by atoms with Crippen molar-refractivity contribution in [2.24, 2.45) is 0 Å². The molecule has 2 atom stereocenters. The van der Waals surface area contributed by atoms with Gasteiger partial charge in [-0.2, -0.15) is 0 Å². The van der Waals surface area contributed by atoms with E-state index in [1.165, 1.54) is 0 Å². The first-order valence-corrected chi connectivity index (χ1v) is 9.65. The molecule has 3 aromatic rings. The van der Waals surface area contributed by atoms with Crippen molar-refractivity contribution in [1.82, 2.24) is 5.32 Å². The predicted molar refractivity (Wildman–Crippen MR) is 110 cm³/mol. The van der Waals surface area contributed by atoms with Gasteiger partial charge in [-0.3, -0.25) is 4.79 Å². The van der Waals surface area contributed by atoms with E-state index in [4.69, 9.17) is 14.2 Å². The molecule has 1 N–H and O–H groups in total. The molecular formula is C24H23NO4. The van der Waals surface area contributed by atoms with Gasteiger partial charge in [0.05, 0.1) is 0 Å². The van der Waals surface area contributed by atoms with Crippen LogP contribution in [-0.2, 0) is 17.9 Å². The largest absolute Gasteiger partial charge is 0.489 e. The SMILES string of the molecule is C[C@@H]1Oc2ccccc2O[C@@H]1C(=O)NCc1ccccc1COc1ccccc1. The summed E-state index contributed by atoms with van der Waals surface area (Å²) in [7, 11) is 0. The monoisotopic (exact) mass is 389 g/mol. The van der Waals surface area contributed by atoms with Gasteiger partial charge in [-0.25, -0.2) is 0 Å². The maximum atomic E-state index is 12.7. The molecular weight excluding hydrogens is 366 g/mol. The Morgan fingerprint density at radius 2 is 1.48 bits per heavy atom. The van der Waals surface area contributed by atoms with E-state index in [0.29, 0.717) is 24.7 Å². The van der Waals surface area contributed by atoms with E-state index in [-0.39, 0.29) is 12.0 Å². The highest BCUT2D eigenvalue weighted by atomic mass is 16.6. The summed E-state index contributed by atoms with van der Waals surface area (Å²) in [5.74, 6) is 1.85. The van der Waals surface area contributed by atoms with Crippen LogP contribution in [0.15, 0.2) is 78.9 Å². The molecule has 0 spiro atoms. The first-order chi connectivity index (χ1) is 14.2. The number of carbonyl (C=O) groups excluding carboxylic acids is 1. The molecule has 1 aliphatic heterocycles. The van der Waals surface area contributed by atoms with Crippen molar-refractivity contribution in [1.29, 1.82) is 0 Å². The summed E-state index contributed by atoms with van der Waals surface area (Å²) < 4.78 is 17.5. The molecule has 4 rings (SSSR count). The smallest absolute Gasteiger partial charge is 0.265 e. The lowest BCUT2D eigenvalue weighted by atomic mass is 10.1. The van der Waals surface area contributed by atoms with Gasteiger partial charge < -0.3 is 19.5 Å². The van der Waals surface area contributed by atoms with Crippen LogP contribution in [0.3, 0.4) is 0 Å². The standard InChI is InChI=1S/C24H23NO4/c1-17-23(29-22-14-8-7-13-21(22)28-17)24(26)25-15-18-9-5-6-10-19(18)16-27-20-11-3-2-4-12-20/h2-14,17,23H,15-16H2,1H3,(H,25,26)/t17-,23-/m0/s1. The van der Waals surface area contributed by atoms with Crippen LogP contribution in [0.25, 0.3) is 0 Å². The molecule has 0 aliphatic carbocycles. The van der Waals surface area contributed by atoms with Gasteiger partial charge >= 0.3 is 0 Å². The number of carbonyl (C=O) groups is 1. The minimum atomic E-state index is -0.697. The van der Waals surface area contributed by atoms with Gasteiger partial charge in [0.1, 0.15) is 18.5 Å². The Kier molecular flexibility index (Phi) is 5.66. The molecule has 0 bridgehead atoms. The van der Waals surface area contributed by atoms with Crippen LogP contribution in [-0.4, -0.2) is 18.1 Å². The molecule has 0 radical (unpaired) electrons. The Morgan fingerprint density at radius 3 is 2.24 bits per heavy atom. The molecule has 5 nitrogen and oxygen atoms in total. The van der Waals surface area contributed by atoms with Crippen molar-refractivity contribution < 1.29 is 19.0 Å². The van der Waals surface area contributed by atoms with Crippen LogP contribution < -0.4 is 19.5 Å². The number of ether oxygens (including phenoxy) is 3. The molecule has 5 heteroatoms. The molecule has 0 aromatic heterocycles. The lowest BCUT2D eigenvalue weighted by molar-refractivity contribution is -0.133. The molecule has 1 amide bonds. The summed E-state index contributed by atoms with van der Waals surface area (Å²) in [6.07, 6.45) is -1.07. The number of fused-ring (bicyclic) bond motifs is 1. The fraction of sp³-hybridized carbons (Fsp3) is 0.208. The number of amides is 1. The zero-order valence-corrected chi connectivity index (χ0v) is 16.2. The zero-order valence-electron chi connectivity index (χ0n) is 16.2. The van der Waals surface area contributed by atoms with Gasteiger partial charge in [0.15, 0.2) is 11.5 Å². The number of rotatable bonds is 6. The van der Waals surface area contributed by atoms with E-state index < -0.39 is 6.10 Å². The van der Waals surface area contributed by atoms with Crippen LogP contribution in [0.2, 0.25) is 0 Å². The number of para-hydroxylation sites is 3. The average Bonchev–Trinajstić information content (AvgIpc) is 2.77. The Hall–Kier alpha value is -3.47. The highest BCUT2D eigenvalue weighted by Crippen LogP contribution is 2.33. The van der Waals surface area contributed by atoms with Gasteiger partial charge in [0.2, 0.25) is 6.10 Å². The molecule has 0 fully saturated rings. The Balaban J connectivity index is 1.38. The van der Waals surface area contributed by atoms with Crippen LogP contribution in [0, 0.1) is 0 Å². The van der Waals surface area contributed by atoms with Gasteiger partial charge in [0, 0.05) is 6.54 Å². The normalized spacial score (nSPS) is 17.4. The third kappa shape index (κ3) is 4.51. The number of hydrogen-bond acceptors (Lipinski definition) is 4. The van der Waals surface area contributed by atoms with Crippen molar-refractivity contribution in [2.75, 3.05) is 0 Å². The summed E-state index contributed by atoms with van der Waals surface area (Å²) >= 11 is 0. The first kappa shape index (κ1) is 18.9. The Bertz CT molecular complexity index is 973. The predicted octanol–water partition coefficient (Wildman–Crippen LogP) is 4.11. The number of nitrogens with one attached hydrogen (secondary N) is 1. The minimum Gasteiger partial charge on any atom is -0.489 e. The molecule has 0 saturated heterocycles. The van der Waals surface area contributed by atoms with E-state index >= 15 is 0 Å². The lowest BCUT2D eigenvalue weighted by Crippen LogP contribution is -2.48. The van der Waals surface area contributed by atoms with E-state index in [1.807, 2.05) is 79.7 Å². The summed E-state index contributed by atoms with van der Waals surface area (Å²) in [6.45, 7) is 2.66. The van der Waals surface area contributed by atoms with E-state index in [1.54, 1.807) is 6.07 Å². The van der Waals surface area contributed by atoms with Crippen molar-refractivity contribution in [3.8, 4) is 17.2 Å². The second-order valence-electron chi connectivity index (χ2n) is 6.90. The van der Waals surface area contributed by atoms with E-state index in [9.17, 15) is 4.79 Å². The molecule has 3 aromatic carbocycles. The fourth-order valence-corrected chi connectivity index (χ4v) is 3.24. The third-order valence-corrected chi connectivity index (χ3v) is 4.81. The van der Waals surface area contributed by atoms with Crippen molar-refractivity contribution in [2.45, 2.75) is 32.3 Å². The summed E-state index contributed by atoms with van der Waals surface area (Å²) in [5.41, 5.74) is 2.03. The molecule has 148 valence electrons. The van der Waals surface area contributed by atoms with Crippen LogP contribution >= 0.6 is 0 Å². The second-order valence-corrected chi connectivity index (χ2v) is 6.90. The molecule has 0 saturated carbocycles. The highest BCUT2D eigenvalue weighted by Gasteiger charge is 2.33. The fourth-order valence-electron chi connectivity index (χ4n) is 3.24. The average molecular weight is 389 g/mol. The maximum Gasteiger partial charge on any atom is 0.265 e. The first-order valence-electron chi connectivity index (χ1n) is 9.65. The van der Waals surface area contributed by atoms with Gasteiger partial charge in [-0.05, 0) is 42.3 Å².